The highest BCUT2D eigenvalue weighted by molar-refractivity contribution is 9.10. The fourth-order valence-electron chi connectivity index (χ4n) is 2.18. The largest absolute Gasteiger partial charge is 0.462 e. The monoisotopic (exact) mass is 323 g/mol. The number of aryl methyl sites for hydroxylation is 1. The molecule has 0 radical (unpaired) electrons. The van der Waals surface area contributed by atoms with Crippen LogP contribution >= 0.6 is 15.9 Å². The molecule has 0 amide bonds. The van der Waals surface area contributed by atoms with Crippen LogP contribution in [-0.4, -0.2) is 14.2 Å². The Balaban J connectivity index is 2.32. The molecule has 0 saturated carbocycles. The summed E-state index contributed by atoms with van der Waals surface area (Å²) in [6, 6.07) is 10.3. The van der Waals surface area contributed by atoms with Gasteiger partial charge in [0.25, 0.3) is 0 Å². The maximum absolute atomic E-state index is 5.82. The molecule has 0 bridgehead atoms. The van der Waals surface area contributed by atoms with Gasteiger partial charge < -0.3 is 14.5 Å². The van der Waals surface area contributed by atoms with E-state index >= 15 is 0 Å². The topological polar surface area (TPSA) is 34.4 Å². The molecule has 0 aliphatic carbocycles. The maximum atomic E-state index is 5.82. The molecule has 2 aromatic rings. The van der Waals surface area contributed by atoms with E-state index in [2.05, 4.69) is 40.3 Å². The summed E-state index contributed by atoms with van der Waals surface area (Å²) in [5, 5.41) is 3.30. The number of nitrogens with one attached hydrogen (secondary N) is 1. The van der Waals surface area contributed by atoms with Gasteiger partial charge in [-0.1, -0.05) is 22.0 Å². The van der Waals surface area contributed by atoms with Gasteiger partial charge in [0, 0.05) is 11.6 Å². The summed E-state index contributed by atoms with van der Waals surface area (Å²) in [6.45, 7) is 2.60. The number of hydrogen-bond donors (Lipinski definition) is 1. The summed E-state index contributed by atoms with van der Waals surface area (Å²) in [7, 11) is 3.60. The molecule has 0 aliphatic heterocycles. The second-order valence-electron chi connectivity index (χ2n) is 4.46. The molecular weight excluding hydrogens is 306 g/mol. The van der Waals surface area contributed by atoms with Gasteiger partial charge in [0.05, 0.1) is 6.04 Å². The lowest BCUT2D eigenvalue weighted by atomic mass is 10.00. The zero-order chi connectivity index (χ0) is 13.8. The highest BCUT2D eigenvalue weighted by Crippen LogP contribution is 2.28. The molecule has 0 saturated heterocycles. The average molecular weight is 324 g/mol. The summed E-state index contributed by atoms with van der Waals surface area (Å²) in [5.41, 5.74) is 2.43. The number of benzene rings is 1. The Morgan fingerprint density at radius 3 is 2.74 bits per heavy atom. The number of rotatable bonds is 5. The molecule has 102 valence electrons. The molecule has 1 aromatic heterocycles. The van der Waals surface area contributed by atoms with E-state index in [0.717, 1.165) is 16.0 Å². The van der Waals surface area contributed by atoms with Crippen molar-refractivity contribution in [3.05, 3.63) is 57.5 Å². The van der Waals surface area contributed by atoms with Crippen LogP contribution in [-0.2, 0) is 11.3 Å². The van der Waals surface area contributed by atoms with E-state index in [1.54, 1.807) is 7.11 Å². The molecule has 1 unspecified atom stereocenters. The van der Waals surface area contributed by atoms with Gasteiger partial charge in [0.1, 0.15) is 18.1 Å². The van der Waals surface area contributed by atoms with Gasteiger partial charge in [-0.15, -0.1) is 0 Å². The zero-order valence-corrected chi connectivity index (χ0v) is 13.0. The lowest BCUT2D eigenvalue weighted by Crippen LogP contribution is -2.18. The summed E-state index contributed by atoms with van der Waals surface area (Å²) in [6.07, 6.45) is 0. The number of furan rings is 1. The number of methoxy groups -OCH3 is 1. The van der Waals surface area contributed by atoms with E-state index in [4.69, 9.17) is 9.15 Å². The minimum Gasteiger partial charge on any atom is -0.462 e. The van der Waals surface area contributed by atoms with Gasteiger partial charge in [-0.05, 0) is 49.4 Å². The van der Waals surface area contributed by atoms with E-state index in [1.165, 1.54) is 11.1 Å². The minimum atomic E-state index is 0.0544. The lowest BCUT2D eigenvalue weighted by molar-refractivity contribution is 0.162. The lowest BCUT2D eigenvalue weighted by Gasteiger charge is -2.17. The molecule has 0 aliphatic rings. The molecule has 1 aromatic carbocycles. The first kappa shape index (κ1) is 14.3. The van der Waals surface area contributed by atoms with Crippen LogP contribution in [0.1, 0.15) is 28.7 Å². The Morgan fingerprint density at radius 1 is 1.32 bits per heavy atom. The second-order valence-corrected chi connectivity index (χ2v) is 5.38. The smallest absolute Gasteiger partial charge is 0.129 e. The predicted molar refractivity (Wildman–Crippen MR) is 79.2 cm³/mol. The molecule has 1 N–H and O–H groups in total. The van der Waals surface area contributed by atoms with Crippen molar-refractivity contribution in [3.8, 4) is 0 Å². The summed E-state index contributed by atoms with van der Waals surface area (Å²) >= 11 is 3.49. The third-order valence-electron chi connectivity index (χ3n) is 3.09. The minimum absolute atomic E-state index is 0.0544. The molecule has 2 rings (SSSR count). The van der Waals surface area contributed by atoms with Gasteiger partial charge in [-0.2, -0.15) is 0 Å². The number of ether oxygens (including phenoxy) is 1. The Hall–Kier alpha value is -1.10. The molecule has 19 heavy (non-hydrogen) atoms. The fourth-order valence-corrected chi connectivity index (χ4v) is 2.66. The summed E-state index contributed by atoms with van der Waals surface area (Å²) in [4.78, 5) is 0. The SMILES string of the molecule is CNC(c1ccc(COC)o1)c1ccc(Br)cc1C. The second kappa shape index (κ2) is 6.37. The number of halogens is 1. The van der Waals surface area contributed by atoms with Crippen molar-refractivity contribution in [1.29, 1.82) is 0 Å². The average Bonchev–Trinajstić information content (AvgIpc) is 2.82. The molecular formula is C15H18BrNO2. The van der Waals surface area contributed by atoms with Crippen molar-refractivity contribution in [1.82, 2.24) is 5.32 Å². The van der Waals surface area contributed by atoms with Gasteiger partial charge in [0.15, 0.2) is 0 Å². The Labute approximate surface area is 122 Å². The fraction of sp³-hybridized carbons (Fsp3) is 0.333. The Kier molecular flexibility index (Phi) is 4.80. The van der Waals surface area contributed by atoms with Crippen molar-refractivity contribution >= 4 is 15.9 Å². The van der Waals surface area contributed by atoms with E-state index in [-0.39, 0.29) is 6.04 Å². The van der Waals surface area contributed by atoms with Gasteiger partial charge in [0.2, 0.25) is 0 Å². The number of hydrogen-bond acceptors (Lipinski definition) is 3. The third kappa shape index (κ3) is 3.26. The summed E-state index contributed by atoms with van der Waals surface area (Å²) in [5.74, 6) is 1.74. The molecule has 0 fully saturated rings. The van der Waals surface area contributed by atoms with Crippen LogP contribution < -0.4 is 5.32 Å². The van der Waals surface area contributed by atoms with Crippen LogP contribution in [0.4, 0.5) is 0 Å². The normalized spacial score (nSPS) is 12.6. The molecule has 1 heterocycles. The quantitative estimate of drug-likeness (QED) is 0.908. The van der Waals surface area contributed by atoms with Gasteiger partial charge in [-0.25, -0.2) is 0 Å². The molecule has 0 spiro atoms. The first-order valence-corrected chi connectivity index (χ1v) is 6.96. The van der Waals surface area contributed by atoms with Crippen molar-refractivity contribution in [2.45, 2.75) is 19.6 Å². The van der Waals surface area contributed by atoms with E-state index in [1.807, 2.05) is 25.2 Å². The van der Waals surface area contributed by atoms with Crippen LogP contribution in [0.3, 0.4) is 0 Å². The Bertz CT molecular complexity index is 551. The van der Waals surface area contributed by atoms with Crippen LogP contribution in [0.25, 0.3) is 0 Å². The van der Waals surface area contributed by atoms with Crippen LogP contribution in [0, 0.1) is 6.92 Å². The molecule has 3 nitrogen and oxygen atoms in total. The first-order valence-electron chi connectivity index (χ1n) is 6.16. The van der Waals surface area contributed by atoms with E-state index < -0.39 is 0 Å². The van der Waals surface area contributed by atoms with Crippen molar-refractivity contribution in [2.24, 2.45) is 0 Å². The van der Waals surface area contributed by atoms with E-state index in [0.29, 0.717) is 6.61 Å². The summed E-state index contributed by atoms with van der Waals surface area (Å²) < 4.78 is 12.0. The highest BCUT2D eigenvalue weighted by atomic mass is 79.9. The predicted octanol–water partition coefficient (Wildman–Crippen LogP) is 3.81. The third-order valence-corrected chi connectivity index (χ3v) is 3.58. The van der Waals surface area contributed by atoms with Crippen LogP contribution in [0.2, 0.25) is 0 Å². The van der Waals surface area contributed by atoms with Crippen molar-refractivity contribution < 1.29 is 9.15 Å². The van der Waals surface area contributed by atoms with Gasteiger partial charge in [-0.3, -0.25) is 0 Å². The Morgan fingerprint density at radius 2 is 2.11 bits per heavy atom. The standard InChI is InChI=1S/C15H18BrNO2/c1-10-8-11(16)4-6-13(10)15(17-2)14-7-5-12(19-14)9-18-3/h4-8,15,17H,9H2,1-3H3. The van der Waals surface area contributed by atoms with Crippen molar-refractivity contribution in [3.63, 3.8) is 0 Å². The zero-order valence-electron chi connectivity index (χ0n) is 11.4. The molecule has 4 heteroatoms. The highest BCUT2D eigenvalue weighted by Gasteiger charge is 2.18. The first-order chi connectivity index (χ1) is 9.15. The van der Waals surface area contributed by atoms with Gasteiger partial charge >= 0.3 is 0 Å². The van der Waals surface area contributed by atoms with Crippen LogP contribution in [0.5, 0.6) is 0 Å². The van der Waals surface area contributed by atoms with Crippen LogP contribution in [0.15, 0.2) is 39.2 Å². The van der Waals surface area contributed by atoms with E-state index in [9.17, 15) is 0 Å². The maximum Gasteiger partial charge on any atom is 0.129 e. The molecule has 1 atom stereocenters. The van der Waals surface area contributed by atoms with Crippen molar-refractivity contribution in [2.75, 3.05) is 14.2 Å².